The first-order chi connectivity index (χ1) is 15.9. The summed E-state index contributed by atoms with van der Waals surface area (Å²) in [6.07, 6.45) is -1.96. The monoisotopic (exact) mass is 495 g/mol. The average molecular weight is 496 g/mol. The van der Waals surface area contributed by atoms with Gasteiger partial charge in [0.15, 0.2) is 5.65 Å². The molecule has 3 N–H and O–H groups in total. The van der Waals surface area contributed by atoms with E-state index >= 15 is 0 Å². The van der Waals surface area contributed by atoms with Gasteiger partial charge in [0, 0.05) is 40.4 Å². The molecule has 2 aliphatic rings. The Morgan fingerprint density at radius 3 is 2.59 bits per heavy atom. The summed E-state index contributed by atoms with van der Waals surface area (Å²) in [6.45, 7) is 2.47. The summed E-state index contributed by atoms with van der Waals surface area (Å²) in [7, 11) is -2.63. The highest BCUT2D eigenvalue weighted by molar-refractivity contribution is 7.92. The van der Waals surface area contributed by atoms with E-state index in [-0.39, 0.29) is 29.2 Å². The number of rotatable bonds is 4. The number of benzene rings is 1. The second kappa shape index (κ2) is 7.80. The number of fused-ring (bicyclic) bond motifs is 1. The van der Waals surface area contributed by atoms with Gasteiger partial charge in [-0.05, 0) is 38.0 Å². The molecule has 0 radical (unpaired) electrons. The molecule has 5 rings (SSSR count). The lowest BCUT2D eigenvalue weighted by molar-refractivity contribution is -0.137. The van der Waals surface area contributed by atoms with Crippen LogP contribution in [0.1, 0.15) is 25.3 Å². The van der Waals surface area contributed by atoms with Gasteiger partial charge in [0.25, 0.3) is 0 Å². The summed E-state index contributed by atoms with van der Waals surface area (Å²) in [5.41, 5.74) is -1.01. The van der Waals surface area contributed by atoms with E-state index < -0.39 is 27.1 Å². The van der Waals surface area contributed by atoms with Gasteiger partial charge in [-0.15, -0.1) is 0 Å². The van der Waals surface area contributed by atoms with E-state index in [0.717, 1.165) is 12.1 Å². The Balaban J connectivity index is 1.58. The maximum atomic E-state index is 13.3. The van der Waals surface area contributed by atoms with Crippen molar-refractivity contribution < 1.29 is 22.5 Å². The van der Waals surface area contributed by atoms with Crippen molar-refractivity contribution in [2.75, 3.05) is 34.8 Å². The van der Waals surface area contributed by atoms with Crippen LogP contribution >= 0.6 is 0 Å². The van der Waals surface area contributed by atoms with Crippen LogP contribution in [0.4, 0.5) is 24.9 Å². The van der Waals surface area contributed by atoms with Crippen LogP contribution in [-0.2, 0) is 15.9 Å². The highest BCUT2D eigenvalue weighted by Crippen LogP contribution is 2.35. The summed E-state index contributed by atoms with van der Waals surface area (Å²) in [4.78, 5) is 11.1. The molecule has 9 nitrogen and oxygen atoms in total. The van der Waals surface area contributed by atoms with Crippen LogP contribution in [0.5, 0.6) is 0 Å². The van der Waals surface area contributed by atoms with Gasteiger partial charge in [0.1, 0.15) is 5.82 Å². The van der Waals surface area contributed by atoms with E-state index in [9.17, 15) is 22.5 Å². The zero-order chi connectivity index (χ0) is 24.3. The average Bonchev–Trinajstić information content (AvgIpc) is 3.15. The molecule has 1 saturated carbocycles. The molecular weight excluding hydrogens is 471 g/mol. The van der Waals surface area contributed by atoms with Crippen molar-refractivity contribution >= 4 is 32.5 Å². The number of aliphatic hydroxyl groups is 1. The first-order valence-corrected chi connectivity index (χ1v) is 12.7. The number of nitrogens with one attached hydrogen (secondary N) is 2. The summed E-state index contributed by atoms with van der Waals surface area (Å²) < 4.78 is 61.2. The molecule has 3 heterocycles. The van der Waals surface area contributed by atoms with Crippen LogP contribution in [0.2, 0.25) is 0 Å². The molecule has 0 amide bonds. The number of anilines is 2. The maximum Gasteiger partial charge on any atom is 0.416 e. The Hall–Kier alpha value is -2.93. The van der Waals surface area contributed by atoms with Crippen molar-refractivity contribution in [1.29, 1.82) is 4.78 Å². The highest BCUT2D eigenvalue weighted by atomic mass is 32.2. The van der Waals surface area contributed by atoms with Crippen LogP contribution in [0, 0.1) is 4.78 Å². The number of aromatic nitrogens is 4. The van der Waals surface area contributed by atoms with E-state index in [4.69, 9.17) is 4.78 Å². The van der Waals surface area contributed by atoms with Gasteiger partial charge < -0.3 is 15.3 Å². The van der Waals surface area contributed by atoms with Crippen LogP contribution < -0.4 is 10.2 Å². The third kappa shape index (κ3) is 4.41. The third-order valence-corrected chi connectivity index (χ3v) is 7.90. The molecule has 13 heteroatoms. The molecule has 0 spiro atoms. The molecular formula is C21H24F3N7O2S. The molecule has 1 aliphatic carbocycles. The zero-order valence-electron chi connectivity index (χ0n) is 18.3. The standard InChI is InChI=1S/C21H24F3N7O2S/c1-20(32)10-14(11-20)27-19-28-17(30-5-7-34(25,33)8-6-30)16-12-26-31(18(16)29-19)15-4-2-3-13(9-15)21(22,23)24/h2-4,9,12,14,25,32H,5-8,10-11H2,1H3,(H,27,28,29)/t14-,20+. The van der Waals surface area contributed by atoms with Gasteiger partial charge in [0.05, 0.1) is 28.4 Å². The van der Waals surface area contributed by atoms with E-state index in [0.29, 0.717) is 42.8 Å². The lowest BCUT2D eigenvalue weighted by Gasteiger charge is -2.41. The predicted octanol–water partition coefficient (Wildman–Crippen LogP) is 3.03. The van der Waals surface area contributed by atoms with Crippen molar-refractivity contribution in [1.82, 2.24) is 19.7 Å². The Bertz CT molecular complexity index is 1330. The minimum absolute atomic E-state index is 0.0430. The Morgan fingerprint density at radius 1 is 1.24 bits per heavy atom. The highest BCUT2D eigenvalue weighted by Gasteiger charge is 2.39. The number of alkyl halides is 3. The van der Waals surface area contributed by atoms with Gasteiger partial charge in [0.2, 0.25) is 5.95 Å². The Kier molecular flexibility index (Phi) is 5.24. The molecule has 182 valence electrons. The first-order valence-electron chi connectivity index (χ1n) is 10.8. The second-order valence-corrected chi connectivity index (χ2v) is 11.6. The molecule has 0 atom stereocenters. The summed E-state index contributed by atoms with van der Waals surface area (Å²) in [5, 5.41) is 18.1. The lowest BCUT2D eigenvalue weighted by Crippen LogP contribution is -2.48. The zero-order valence-corrected chi connectivity index (χ0v) is 19.2. The van der Waals surface area contributed by atoms with Gasteiger partial charge in [-0.2, -0.15) is 28.2 Å². The summed E-state index contributed by atoms with van der Waals surface area (Å²) in [5.74, 6) is 1.20. The van der Waals surface area contributed by atoms with Gasteiger partial charge in [-0.1, -0.05) is 6.07 Å². The minimum atomic E-state index is -4.50. The maximum absolute atomic E-state index is 13.3. The van der Waals surface area contributed by atoms with E-state index in [2.05, 4.69) is 20.4 Å². The number of nitrogens with zero attached hydrogens (tertiary/aromatic N) is 5. The van der Waals surface area contributed by atoms with Crippen LogP contribution in [0.3, 0.4) is 0 Å². The second-order valence-electron chi connectivity index (χ2n) is 9.17. The molecule has 3 aromatic rings. The molecule has 2 fully saturated rings. The molecule has 34 heavy (non-hydrogen) atoms. The van der Waals surface area contributed by atoms with Crippen molar-refractivity contribution in [2.24, 2.45) is 0 Å². The van der Waals surface area contributed by atoms with Gasteiger partial charge >= 0.3 is 6.18 Å². The molecule has 0 unspecified atom stereocenters. The number of hydrogen-bond donors (Lipinski definition) is 3. The molecule has 1 aromatic carbocycles. The molecule has 1 saturated heterocycles. The molecule has 0 bridgehead atoms. The Morgan fingerprint density at radius 2 is 1.94 bits per heavy atom. The third-order valence-electron chi connectivity index (χ3n) is 6.21. The quantitative estimate of drug-likeness (QED) is 0.509. The summed E-state index contributed by atoms with van der Waals surface area (Å²) >= 11 is 0. The molecule has 1 aliphatic heterocycles. The normalized spacial score (nSPS) is 24.7. The van der Waals surface area contributed by atoms with Crippen molar-refractivity contribution in [3.05, 3.63) is 36.0 Å². The summed E-state index contributed by atoms with van der Waals surface area (Å²) in [6, 6.07) is 4.81. The topological polar surface area (TPSA) is 120 Å². The van der Waals surface area contributed by atoms with Crippen molar-refractivity contribution in [3.63, 3.8) is 0 Å². The Labute approximate surface area is 194 Å². The minimum Gasteiger partial charge on any atom is -0.390 e. The van der Waals surface area contributed by atoms with E-state index in [1.165, 1.54) is 23.0 Å². The SMILES string of the molecule is C[C@]1(O)C[C@@H](Nc2nc(N3CCS(=N)(=O)CC3)c3cnn(-c4cccc(C(F)(F)F)c4)c3n2)C1. The molecule has 2 aromatic heterocycles. The predicted molar refractivity (Wildman–Crippen MR) is 122 cm³/mol. The van der Waals surface area contributed by atoms with Gasteiger partial charge in [-0.3, -0.25) is 4.78 Å². The van der Waals surface area contributed by atoms with Gasteiger partial charge in [-0.25, -0.2) is 8.89 Å². The van der Waals surface area contributed by atoms with Crippen LogP contribution in [0.25, 0.3) is 16.7 Å². The number of halogens is 3. The van der Waals surface area contributed by atoms with Crippen LogP contribution in [0.15, 0.2) is 30.5 Å². The largest absolute Gasteiger partial charge is 0.416 e. The smallest absolute Gasteiger partial charge is 0.390 e. The van der Waals surface area contributed by atoms with Crippen molar-refractivity contribution in [3.8, 4) is 5.69 Å². The van der Waals surface area contributed by atoms with E-state index in [1.807, 2.05) is 4.90 Å². The van der Waals surface area contributed by atoms with E-state index in [1.54, 1.807) is 6.92 Å². The van der Waals surface area contributed by atoms with Crippen LogP contribution in [-0.4, -0.2) is 65.3 Å². The van der Waals surface area contributed by atoms with Crippen molar-refractivity contribution in [2.45, 2.75) is 37.6 Å². The fourth-order valence-electron chi connectivity index (χ4n) is 4.43. The number of hydrogen-bond acceptors (Lipinski definition) is 8. The first kappa shape index (κ1) is 22.8. The lowest BCUT2D eigenvalue weighted by atomic mass is 9.77. The fraction of sp³-hybridized carbons (Fsp3) is 0.476. The fourth-order valence-corrected chi connectivity index (χ4v) is 5.66.